The number of hydrogen-bond donors (Lipinski definition) is 1. The van der Waals surface area contributed by atoms with Crippen LogP contribution in [0, 0.1) is 0 Å². The van der Waals surface area contributed by atoms with Crippen LogP contribution in [0.15, 0.2) is 17.1 Å². The predicted octanol–water partition coefficient (Wildman–Crippen LogP) is 3.34. The van der Waals surface area contributed by atoms with Crippen LogP contribution in [0.5, 0.6) is 0 Å². The number of aliphatic hydroxyl groups is 1. The van der Waals surface area contributed by atoms with Gasteiger partial charge >= 0.3 is 0 Å². The molecule has 18 heavy (non-hydrogen) atoms. The van der Waals surface area contributed by atoms with Gasteiger partial charge in [-0.25, -0.2) is 4.90 Å². The van der Waals surface area contributed by atoms with E-state index in [-0.39, 0.29) is 6.17 Å². The lowest BCUT2D eigenvalue weighted by molar-refractivity contribution is 0.0214. The number of rotatable bonds is 9. The van der Waals surface area contributed by atoms with Crippen molar-refractivity contribution in [2.45, 2.75) is 71.2 Å². The molecule has 0 aromatic rings. The van der Waals surface area contributed by atoms with Crippen LogP contribution in [-0.4, -0.2) is 35.2 Å². The van der Waals surface area contributed by atoms with Gasteiger partial charge in [0.25, 0.3) is 0 Å². The first kappa shape index (κ1) is 15.4. The van der Waals surface area contributed by atoms with Gasteiger partial charge in [0.05, 0.1) is 0 Å². The summed E-state index contributed by atoms with van der Waals surface area (Å²) in [6.07, 6.45) is 15.0. The Hall–Kier alpha value is -0.670. The van der Waals surface area contributed by atoms with E-state index >= 15 is 0 Å². The fourth-order valence-corrected chi connectivity index (χ4v) is 2.24. The van der Waals surface area contributed by atoms with Gasteiger partial charge in [-0.2, -0.15) is 0 Å². The van der Waals surface area contributed by atoms with Crippen molar-refractivity contribution >= 4 is 6.21 Å². The molecule has 1 rings (SSSR count). The highest BCUT2D eigenvalue weighted by Crippen LogP contribution is 2.12. The summed E-state index contributed by atoms with van der Waals surface area (Å²) in [4.78, 5) is 6.32. The molecule has 2 atom stereocenters. The minimum absolute atomic E-state index is 0.0464. The van der Waals surface area contributed by atoms with Crippen molar-refractivity contribution in [1.29, 1.82) is 0 Å². The van der Waals surface area contributed by atoms with E-state index in [2.05, 4.69) is 24.1 Å². The van der Waals surface area contributed by atoms with E-state index < -0.39 is 6.23 Å². The lowest BCUT2D eigenvalue weighted by Gasteiger charge is -2.23. The predicted molar refractivity (Wildman–Crippen MR) is 77.8 cm³/mol. The maximum atomic E-state index is 9.56. The van der Waals surface area contributed by atoms with Crippen molar-refractivity contribution in [2.75, 3.05) is 6.54 Å². The van der Waals surface area contributed by atoms with E-state index in [0.29, 0.717) is 0 Å². The largest absolute Gasteiger partial charge is 0.379 e. The van der Waals surface area contributed by atoms with Crippen LogP contribution < -0.4 is 0 Å². The normalized spacial score (nSPS) is 22.1. The average molecular weight is 252 g/mol. The Morgan fingerprint density at radius 2 is 2.06 bits per heavy atom. The van der Waals surface area contributed by atoms with Crippen molar-refractivity contribution in [3.63, 3.8) is 0 Å². The zero-order valence-corrected chi connectivity index (χ0v) is 11.9. The molecule has 1 N–H and O–H groups in total. The third kappa shape index (κ3) is 5.78. The topological polar surface area (TPSA) is 35.8 Å². The monoisotopic (exact) mass is 252 g/mol. The molecule has 0 amide bonds. The Bertz CT molecular complexity index is 261. The van der Waals surface area contributed by atoms with Gasteiger partial charge in [-0.1, -0.05) is 45.1 Å². The summed E-state index contributed by atoms with van der Waals surface area (Å²) in [5.41, 5.74) is 0. The summed E-state index contributed by atoms with van der Waals surface area (Å²) in [5.74, 6) is 0. The second-order valence-electron chi connectivity index (χ2n) is 5.06. The van der Waals surface area contributed by atoms with Gasteiger partial charge in [0.15, 0.2) is 0 Å². The van der Waals surface area contributed by atoms with E-state index in [4.69, 9.17) is 0 Å². The molecule has 1 heterocycles. The quantitative estimate of drug-likeness (QED) is 0.504. The molecule has 1 aliphatic rings. The summed E-state index contributed by atoms with van der Waals surface area (Å²) in [5, 5.41) is 9.56. The molecule has 0 fully saturated rings. The van der Waals surface area contributed by atoms with Crippen LogP contribution >= 0.6 is 0 Å². The molecular weight excluding hydrogens is 224 g/mol. The van der Waals surface area contributed by atoms with Crippen molar-refractivity contribution in [1.82, 2.24) is 4.90 Å². The van der Waals surface area contributed by atoms with Crippen LogP contribution in [0.1, 0.15) is 58.8 Å². The van der Waals surface area contributed by atoms with Crippen molar-refractivity contribution < 1.29 is 5.11 Å². The van der Waals surface area contributed by atoms with E-state index in [1.165, 1.54) is 38.5 Å². The van der Waals surface area contributed by atoms with Crippen molar-refractivity contribution in [3.8, 4) is 0 Å². The van der Waals surface area contributed by atoms with Crippen LogP contribution in [0.4, 0.5) is 0 Å². The molecule has 0 bridgehead atoms. The van der Waals surface area contributed by atoms with Gasteiger partial charge in [0.1, 0.15) is 12.4 Å². The fourth-order valence-electron chi connectivity index (χ4n) is 2.24. The standard InChI is InChI=1S/C15H28N2O/c1-3-4-5-6-7-8-9-10-11-15-16-12-13-17(15)14(2)18/h10-12,14-15,18H,3-9,13H2,1-2H3/b11-10+. The first-order valence-electron chi connectivity index (χ1n) is 7.37. The molecule has 0 aliphatic carbocycles. The van der Waals surface area contributed by atoms with E-state index in [1.807, 2.05) is 11.1 Å². The maximum absolute atomic E-state index is 9.56. The van der Waals surface area contributed by atoms with Crippen molar-refractivity contribution in [3.05, 3.63) is 12.2 Å². The van der Waals surface area contributed by atoms with Crippen LogP contribution in [0.3, 0.4) is 0 Å². The van der Waals surface area contributed by atoms with E-state index in [0.717, 1.165) is 13.0 Å². The number of unbranched alkanes of at least 4 members (excludes halogenated alkanes) is 6. The van der Waals surface area contributed by atoms with Gasteiger partial charge in [0.2, 0.25) is 0 Å². The number of aliphatic hydroxyl groups excluding tert-OH is 1. The Morgan fingerprint density at radius 3 is 2.78 bits per heavy atom. The summed E-state index contributed by atoms with van der Waals surface area (Å²) in [7, 11) is 0. The third-order valence-electron chi connectivity index (χ3n) is 3.40. The molecule has 0 saturated heterocycles. The van der Waals surface area contributed by atoms with Gasteiger partial charge in [-0.15, -0.1) is 0 Å². The van der Waals surface area contributed by atoms with Gasteiger partial charge in [-0.05, 0) is 25.8 Å². The molecule has 0 aromatic carbocycles. The van der Waals surface area contributed by atoms with Gasteiger partial charge in [-0.3, -0.25) is 4.99 Å². The number of allylic oxidation sites excluding steroid dienone is 1. The Kier molecular flexibility index (Phi) is 7.94. The highest BCUT2D eigenvalue weighted by molar-refractivity contribution is 5.62. The second kappa shape index (κ2) is 9.29. The molecule has 104 valence electrons. The molecule has 0 radical (unpaired) electrons. The molecule has 2 unspecified atom stereocenters. The first-order valence-corrected chi connectivity index (χ1v) is 7.37. The second-order valence-corrected chi connectivity index (χ2v) is 5.06. The highest BCUT2D eigenvalue weighted by Gasteiger charge is 2.21. The molecule has 0 saturated carbocycles. The SMILES string of the molecule is CCCCCCCC/C=C/C1N=CCN1C(C)O. The Balaban J connectivity index is 2.07. The Labute approximate surface area is 112 Å². The van der Waals surface area contributed by atoms with Crippen molar-refractivity contribution in [2.24, 2.45) is 4.99 Å². The summed E-state index contributed by atoms with van der Waals surface area (Å²) >= 11 is 0. The van der Waals surface area contributed by atoms with Crippen LogP contribution in [0.2, 0.25) is 0 Å². The van der Waals surface area contributed by atoms with Gasteiger partial charge in [0, 0.05) is 12.8 Å². The summed E-state index contributed by atoms with van der Waals surface area (Å²) in [6.45, 7) is 4.80. The first-order chi connectivity index (χ1) is 8.75. The minimum atomic E-state index is -0.420. The summed E-state index contributed by atoms with van der Waals surface area (Å²) in [6, 6.07) is 0. The number of aliphatic imine (C=N–C) groups is 1. The molecular formula is C15H28N2O. The molecule has 3 heteroatoms. The molecule has 0 spiro atoms. The van der Waals surface area contributed by atoms with E-state index in [9.17, 15) is 5.11 Å². The van der Waals surface area contributed by atoms with Gasteiger partial charge < -0.3 is 5.11 Å². The summed E-state index contributed by atoms with van der Waals surface area (Å²) < 4.78 is 0. The average Bonchev–Trinajstić information content (AvgIpc) is 2.81. The maximum Gasteiger partial charge on any atom is 0.122 e. The Morgan fingerprint density at radius 1 is 1.33 bits per heavy atom. The molecule has 3 nitrogen and oxygen atoms in total. The van der Waals surface area contributed by atoms with Crippen LogP contribution in [-0.2, 0) is 0 Å². The number of hydrogen-bond acceptors (Lipinski definition) is 3. The zero-order valence-electron chi connectivity index (χ0n) is 11.9. The molecule has 0 aromatic heterocycles. The fraction of sp³-hybridized carbons (Fsp3) is 0.800. The minimum Gasteiger partial charge on any atom is -0.379 e. The zero-order chi connectivity index (χ0) is 13.2. The van der Waals surface area contributed by atoms with E-state index in [1.54, 1.807) is 6.92 Å². The lowest BCUT2D eigenvalue weighted by atomic mass is 10.1. The lowest BCUT2D eigenvalue weighted by Crippen LogP contribution is -2.36. The van der Waals surface area contributed by atoms with Crippen LogP contribution in [0.25, 0.3) is 0 Å². The smallest absolute Gasteiger partial charge is 0.122 e. The number of nitrogens with zero attached hydrogens (tertiary/aromatic N) is 2. The molecule has 1 aliphatic heterocycles. The highest BCUT2D eigenvalue weighted by atomic mass is 16.3. The third-order valence-corrected chi connectivity index (χ3v) is 3.40.